The molecular formula is C14H23N5O3. The molecule has 3 amide bonds. The summed E-state index contributed by atoms with van der Waals surface area (Å²) in [7, 11) is 1.62. The second-order valence-electron chi connectivity index (χ2n) is 5.63. The van der Waals surface area contributed by atoms with Crippen molar-refractivity contribution in [3.63, 3.8) is 0 Å². The fourth-order valence-corrected chi connectivity index (χ4v) is 2.26. The third kappa shape index (κ3) is 3.82. The van der Waals surface area contributed by atoms with E-state index in [1.165, 1.54) is 4.90 Å². The third-order valence-corrected chi connectivity index (χ3v) is 3.82. The van der Waals surface area contributed by atoms with E-state index in [4.69, 9.17) is 4.74 Å². The number of amides is 3. The quantitative estimate of drug-likeness (QED) is 0.704. The molecule has 8 nitrogen and oxygen atoms in total. The van der Waals surface area contributed by atoms with E-state index in [0.717, 1.165) is 6.42 Å². The van der Waals surface area contributed by atoms with Gasteiger partial charge < -0.3 is 10.1 Å². The van der Waals surface area contributed by atoms with E-state index in [1.54, 1.807) is 18.0 Å². The van der Waals surface area contributed by atoms with Crippen molar-refractivity contribution in [1.29, 1.82) is 0 Å². The lowest BCUT2D eigenvalue weighted by molar-refractivity contribution is -0.127. The highest BCUT2D eigenvalue weighted by molar-refractivity contribution is 6.04. The Bertz CT molecular complexity index is 530. The van der Waals surface area contributed by atoms with Gasteiger partial charge in [-0.1, -0.05) is 25.5 Å². The van der Waals surface area contributed by atoms with Gasteiger partial charge in [-0.3, -0.25) is 9.69 Å². The van der Waals surface area contributed by atoms with Gasteiger partial charge in [-0.05, 0) is 5.92 Å². The average Bonchev–Trinajstić information content (AvgIpc) is 3.05. The standard InChI is InChI=1S/C14H23N5O3/c1-4-10(2)8-19-13(20)12(15-14(19)21)7-11-9-18(17-16-11)5-6-22-3/h9-10,12H,4-8H2,1-3H3,(H,15,21). The van der Waals surface area contributed by atoms with Crippen LogP contribution in [-0.2, 0) is 22.5 Å². The first-order valence-corrected chi connectivity index (χ1v) is 7.55. The average molecular weight is 309 g/mol. The first-order valence-electron chi connectivity index (χ1n) is 7.55. The number of hydrogen-bond donors (Lipinski definition) is 1. The minimum absolute atomic E-state index is 0.184. The molecule has 2 unspecified atom stereocenters. The van der Waals surface area contributed by atoms with Crippen LogP contribution in [0.4, 0.5) is 4.79 Å². The number of imide groups is 1. The molecule has 1 aliphatic rings. The number of urea groups is 1. The topological polar surface area (TPSA) is 89.3 Å². The Morgan fingerprint density at radius 3 is 2.91 bits per heavy atom. The molecule has 1 saturated heterocycles. The van der Waals surface area contributed by atoms with Gasteiger partial charge in [0.15, 0.2) is 0 Å². The van der Waals surface area contributed by atoms with Crippen LogP contribution in [-0.4, -0.2) is 58.1 Å². The molecule has 0 aliphatic carbocycles. The van der Waals surface area contributed by atoms with Crippen molar-refractivity contribution in [2.75, 3.05) is 20.3 Å². The van der Waals surface area contributed by atoms with Crippen LogP contribution in [0.5, 0.6) is 0 Å². The molecule has 1 aromatic rings. The number of carbonyl (C=O) groups is 2. The number of ether oxygens (including phenoxy) is 1. The zero-order chi connectivity index (χ0) is 16.1. The van der Waals surface area contributed by atoms with Crippen molar-refractivity contribution in [2.45, 2.75) is 39.3 Å². The molecule has 0 saturated carbocycles. The lowest BCUT2D eigenvalue weighted by atomic mass is 10.1. The molecule has 0 radical (unpaired) electrons. The van der Waals surface area contributed by atoms with Crippen LogP contribution in [0.15, 0.2) is 6.20 Å². The molecule has 0 spiro atoms. The van der Waals surface area contributed by atoms with E-state index < -0.39 is 6.04 Å². The summed E-state index contributed by atoms with van der Waals surface area (Å²) in [6.07, 6.45) is 3.06. The van der Waals surface area contributed by atoms with Crippen LogP contribution in [0.25, 0.3) is 0 Å². The summed E-state index contributed by atoms with van der Waals surface area (Å²) in [5.41, 5.74) is 0.681. The van der Waals surface area contributed by atoms with Crippen molar-refractivity contribution in [3.8, 4) is 0 Å². The van der Waals surface area contributed by atoms with E-state index in [-0.39, 0.29) is 11.9 Å². The lowest BCUT2D eigenvalue weighted by Crippen LogP contribution is -2.35. The molecule has 0 bridgehead atoms. The molecule has 1 aromatic heterocycles. The third-order valence-electron chi connectivity index (χ3n) is 3.82. The molecular weight excluding hydrogens is 286 g/mol. The van der Waals surface area contributed by atoms with Crippen LogP contribution in [0.2, 0.25) is 0 Å². The minimum atomic E-state index is -0.552. The highest BCUT2D eigenvalue weighted by Gasteiger charge is 2.38. The Morgan fingerprint density at radius 1 is 1.45 bits per heavy atom. The maximum absolute atomic E-state index is 12.3. The van der Waals surface area contributed by atoms with E-state index >= 15 is 0 Å². The number of nitrogens with one attached hydrogen (secondary N) is 1. The van der Waals surface area contributed by atoms with E-state index in [2.05, 4.69) is 15.6 Å². The van der Waals surface area contributed by atoms with Crippen LogP contribution >= 0.6 is 0 Å². The molecule has 1 N–H and O–H groups in total. The zero-order valence-electron chi connectivity index (χ0n) is 13.3. The molecule has 2 rings (SSSR count). The summed E-state index contributed by atoms with van der Waals surface area (Å²) in [5, 5.41) is 10.7. The van der Waals surface area contributed by atoms with Gasteiger partial charge in [0.25, 0.3) is 5.91 Å². The van der Waals surface area contributed by atoms with E-state index in [9.17, 15) is 9.59 Å². The maximum Gasteiger partial charge on any atom is 0.324 e. The molecule has 2 atom stereocenters. The highest BCUT2D eigenvalue weighted by atomic mass is 16.5. The van der Waals surface area contributed by atoms with Gasteiger partial charge in [0.05, 0.1) is 18.8 Å². The molecule has 2 heterocycles. The molecule has 1 aliphatic heterocycles. The number of nitrogens with zero attached hydrogens (tertiary/aromatic N) is 4. The second kappa shape index (κ2) is 7.35. The van der Waals surface area contributed by atoms with Crippen LogP contribution in [0, 0.1) is 5.92 Å². The fraction of sp³-hybridized carbons (Fsp3) is 0.714. The highest BCUT2D eigenvalue weighted by Crippen LogP contribution is 2.14. The van der Waals surface area contributed by atoms with Gasteiger partial charge in [-0.2, -0.15) is 0 Å². The Hall–Kier alpha value is -1.96. The molecule has 8 heteroatoms. The van der Waals surface area contributed by atoms with Crippen molar-refractivity contribution in [2.24, 2.45) is 5.92 Å². The summed E-state index contributed by atoms with van der Waals surface area (Å²) in [6, 6.07) is -0.869. The van der Waals surface area contributed by atoms with E-state index in [1.807, 2.05) is 13.8 Å². The Balaban J connectivity index is 1.94. The maximum atomic E-state index is 12.3. The Kier molecular flexibility index (Phi) is 5.48. The lowest BCUT2D eigenvalue weighted by Gasteiger charge is -2.16. The van der Waals surface area contributed by atoms with Crippen molar-refractivity contribution < 1.29 is 14.3 Å². The summed E-state index contributed by atoms with van der Waals surface area (Å²) in [4.78, 5) is 25.5. The van der Waals surface area contributed by atoms with Crippen LogP contribution < -0.4 is 5.32 Å². The zero-order valence-corrected chi connectivity index (χ0v) is 13.3. The summed E-state index contributed by atoms with van der Waals surface area (Å²) in [6.45, 7) is 5.67. The molecule has 22 heavy (non-hydrogen) atoms. The smallest absolute Gasteiger partial charge is 0.324 e. The van der Waals surface area contributed by atoms with Gasteiger partial charge in [0.2, 0.25) is 0 Å². The normalized spacial score (nSPS) is 19.6. The van der Waals surface area contributed by atoms with Crippen molar-refractivity contribution >= 4 is 11.9 Å². The van der Waals surface area contributed by atoms with Crippen molar-refractivity contribution in [1.82, 2.24) is 25.2 Å². The molecule has 122 valence electrons. The van der Waals surface area contributed by atoms with Gasteiger partial charge in [-0.15, -0.1) is 5.10 Å². The number of methoxy groups -OCH3 is 1. The number of hydrogen-bond acceptors (Lipinski definition) is 5. The van der Waals surface area contributed by atoms with Gasteiger partial charge >= 0.3 is 6.03 Å². The van der Waals surface area contributed by atoms with Gasteiger partial charge in [-0.25, -0.2) is 9.48 Å². The first-order chi connectivity index (χ1) is 10.5. The monoisotopic (exact) mass is 309 g/mol. The predicted molar refractivity (Wildman–Crippen MR) is 79.1 cm³/mol. The van der Waals surface area contributed by atoms with Crippen LogP contribution in [0.1, 0.15) is 26.0 Å². The minimum Gasteiger partial charge on any atom is -0.383 e. The second-order valence-corrected chi connectivity index (χ2v) is 5.63. The van der Waals surface area contributed by atoms with Gasteiger partial charge in [0, 0.05) is 26.3 Å². The number of rotatable bonds is 8. The number of carbonyl (C=O) groups excluding carboxylic acids is 2. The largest absolute Gasteiger partial charge is 0.383 e. The number of aromatic nitrogens is 3. The Morgan fingerprint density at radius 2 is 2.23 bits per heavy atom. The van der Waals surface area contributed by atoms with Gasteiger partial charge in [0.1, 0.15) is 6.04 Å². The Labute approximate surface area is 129 Å². The fourth-order valence-electron chi connectivity index (χ4n) is 2.26. The van der Waals surface area contributed by atoms with Crippen molar-refractivity contribution in [3.05, 3.63) is 11.9 Å². The first kappa shape index (κ1) is 16.4. The summed E-state index contributed by atoms with van der Waals surface area (Å²) >= 11 is 0. The summed E-state index contributed by atoms with van der Waals surface area (Å²) in [5.74, 6) is 0.111. The van der Waals surface area contributed by atoms with E-state index in [0.29, 0.717) is 37.7 Å². The molecule has 1 fully saturated rings. The van der Waals surface area contributed by atoms with Crippen LogP contribution in [0.3, 0.4) is 0 Å². The predicted octanol–water partition coefficient (Wildman–Crippen LogP) is 0.433. The molecule has 0 aromatic carbocycles. The summed E-state index contributed by atoms with van der Waals surface area (Å²) < 4.78 is 6.64. The SMILES string of the molecule is CCC(C)CN1C(=O)NC(Cc2cn(CCOC)nn2)C1=O.